The summed E-state index contributed by atoms with van der Waals surface area (Å²) in [6, 6.07) is 0. The number of quaternary nitrogens is 1. The SMILES string of the molecule is C[NH+]1NCN=C1N.[I-]. The van der Waals surface area contributed by atoms with Gasteiger partial charge >= 0.3 is 5.96 Å². The fourth-order valence-electron chi connectivity index (χ4n) is 0.452. The minimum atomic E-state index is 0. The Labute approximate surface area is 65.1 Å². The van der Waals surface area contributed by atoms with Crippen LogP contribution in [0.4, 0.5) is 0 Å². The summed E-state index contributed by atoms with van der Waals surface area (Å²) in [4.78, 5) is 3.86. The molecule has 1 aliphatic heterocycles. The van der Waals surface area contributed by atoms with Crippen LogP contribution >= 0.6 is 0 Å². The number of hydrogen-bond donors (Lipinski definition) is 3. The van der Waals surface area contributed by atoms with Gasteiger partial charge in [0.05, 0.1) is 7.05 Å². The van der Waals surface area contributed by atoms with Crippen LogP contribution in [0, 0.1) is 0 Å². The first-order valence-electron chi connectivity index (χ1n) is 2.18. The first kappa shape index (κ1) is 8.12. The lowest BCUT2D eigenvalue weighted by Gasteiger charge is -1.99. The maximum Gasteiger partial charge on any atom is 0.314 e. The Morgan fingerprint density at radius 2 is 2.50 bits per heavy atom. The third kappa shape index (κ3) is 1.57. The van der Waals surface area contributed by atoms with Crippen molar-refractivity contribution in [1.82, 2.24) is 5.43 Å². The van der Waals surface area contributed by atoms with Gasteiger partial charge in [-0.25, -0.2) is 0 Å². The van der Waals surface area contributed by atoms with Crippen molar-refractivity contribution >= 4 is 5.96 Å². The topological polar surface area (TPSA) is 54.8 Å². The Morgan fingerprint density at radius 3 is 2.62 bits per heavy atom. The van der Waals surface area contributed by atoms with E-state index in [1.165, 1.54) is 0 Å². The zero-order valence-electron chi connectivity index (χ0n) is 4.61. The van der Waals surface area contributed by atoms with Crippen molar-refractivity contribution in [3.05, 3.63) is 0 Å². The molecule has 8 heavy (non-hydrogen) atoms. The molecule has 0 aromatic heterocycles. The Kier molecular flexibility index (Phi) is 3.25. The molecule has 0 fully saturated rings. The summed E-state index contributed by atoms with van der Waals surface area (Å²) in [6.45, 7) is 0.650. The second-order valence-electron chi connectivity index (χ2n) is 1.50. The average Bonchev–Trinajstić information content (AvgIpc) is 1.91. The van der Waals surface area contributed by atoms with Crippen LogP contribution in [-0.2, 0) is 0 Å². The minimum absolute atomic E-state index is 0. The molecule has 0 bridgehead atoms. The predicted octanol–water partition coefficient (Wildman–Crippen LogP) is -5.70. The summed E-state index contributed by atoms with van der Waals surface area (Å²) in [5, 5.41) is 0.986. The van der Waals surface area contributed by atoms with Crippen LogP contribution < -0.4 is 40.1 Å². The van der Waals surface area contributed by atoms with Crippen molar-refractivity contribution in [3.8, 4) is 0 Å². The molecular weight excluding hydrogens is 219 g/mol. The second-order valence-corrected chi connectivity index (χ2v) is 1.50. The normalized spacial score (nSPS) is 26.6. The Bertz CT molecular complexity index is 101. The minimum Gasteiger partial charge on any atom is -1.00 e. The summed E-state index contributed by atoms with van der Waals surface area (Å²) >= 11 is 0. The average molecular weight is 228 g/mol. The molecule has 4 N–H and O–H groups in total. The van der Waals surface area contributed by atoms with E-state index in [2.05, 4.69) is 10.4 Å². The van der Waals surface area contributed by atoms with Crippen LogP contribution in [-0.4, -0.2) is 19.7 Å². The molecule has 0 aliphatic carbocycles. The van der Waals surface area contributed by atoms with E-state index in [-0.39, 0.29) is 24.0 Å². The molecule has 4 nitrogen and oxygen atoms in total. The van der Waals surface area contributed by atoms with E-state index < -0.39 is 0 Å². The van der Waals surface area contributed by atoms with Gasteiger partial charge in [0, 0.05) is 0 Å². The van der Waals surface area contributed by atoms with Crippen LogP contribution in [0.5, 0.6) is 0 Å². The van der Waals surface area contributed by atoms with Gasteiger partial charge < -0.3 is 29.7 Å². The Balaban J connectivity index is 0.000000490. The standard InChI is InChI=1S/C3H8N4.HI/c1-7-3(4)5-2-6-7;/h6H,2H2,1H3,(H2,4,5);1H. The highest BCUT2D eigenvalue weighted by molar-refractivity contribution is 5.68. The highest BCUT2D eigenvalue weighted by Gasteiger charge is 2.11. The third-order valence-electron chi connectivity index (χ3n) is 0.978. The zero-order chi connectivity index (χ0) is 5.28. The lowest BCUT2D eigenvalue weighted by atomic mass is 11.0. The summed E-state index contributed by atoms with van der Waals surface area (Å²) in [6.07, 6.45) is 0. The molecule has 5 heteroatoms. The van der Waals surface area contributed by atoms with Gasteiger partial charge in [0.1, 0.15) is 6.67 Å². The molecule has 0 aromatic rings. The molecule has 1 unspecified atom stereocenters. The van der Waals surface area contributed by atoms with Crippen LogP contribution in [0.1, 0.15) is 0 Å². The monoisotopic (exact) mass is 228 g/mol. The summed E-state index contributed by atoms with van der Waals surface area (Å²) in [5.41, 5.74) is 8.29. The van der Waals surface area contributed by atoms with Gasteiger partial charge in [-0.05, 0) is 0 Å². The quantitative estimate of drug-likeness (QED) is 0.362. The van der Waals surface area contributed by atoms with Crippen molar-refractivity contribution in [3.63, 3.8) is 0 Å². The first-order chi connectivity index (χ1) is 3.30. The molecule has 0 aromatic carbocycles. The predicted molar refractivity (Wildman–Crippen MR) is 26.5 cm³/mol. The van der Waals surface area contributed by atoms with Gasteiger partial charge in [-0.15, -0.1) is 5.43 Å². The van der Waals surface area contributed by atoms with E-state index in [1.54, 1.807) is 0 Å². The number of rotatable bonds is 0. The number of hydrogen-bond acceptors (Lipinski definition) is 3. The maximum absolute atomic E-state index is 5.33. The van der Waals surface area contributed by atoms with Crippen LogP contribution in [0.25, 0.3) is 0 Å². The van der Waals surface area contributed by atoms with Gasteiger partial charge in [-0.1, -0.05) is 0 Å². The summed E-state index contributed by atoms with van der Waals surface area (Å²) < 4.78 is 0. The Morgan fingerprint density at radius 1 is 1.88 bits per heavy atom. The molecule has 1 aliphatic rings. The molecule has 48 valence electrons. The number of nitrogens with zero attached hydrogens (tertiary/aromatic N) is 1. The van der Waals surface area contributed by atoms with Crippen LogP contribution in [0.15, 0.2) is 4.99 Å². The molecule has 0 amide bonds. The van der Waals surface area contributed by atoms with Crippen molar-refractivity contribution in [2.45, 2.75) is 0 Å². The van der Waals surface area contributed by atoms with E-state index in [0.29, 0.717) is 12.6 Å². The molecular formula is C3H9IN4. The third-order valence-corrected chi connectivity index (χ3v) is 0.978. The first-order valence-corrected chi connectivity index (χ1v) is 2.18. The number of nitrogens with two attached hydrogens (primary N) is 1. The second kappa shape index (κ2) is 3.21. The zero-order valence-corrected chi connectivity index (χ0v) is 6.77. The maximum atomic E-state index is 5.33. The van der Waals surface area contributed by atoms with Gasteiger partial charge in [0.25, 0.3) is 0 Å². The van der Waals surface area contributed by atoms with E-state index >= 15 is 0 Å². The van der Waals surface area contributed by atoms with Crippen LogP contribution in [0.3, 0.4) is 0 Å². The molecule has 0 saturated heterocycles. The molecule has 0 radical (unpaired) electrons. The lowest BCUT2D eigenvalue weighted by Crippen LogP contribution is -3.17. The van der Waals surface area contributed by atoms with E-state index in [1.807, 2.05) is 7.05 Å². The van der Waals surface area contributed by atoms with Crippen molar-refractivity contribution in [2.75, 3.05) is 13.7 Å². The smallest absolute Gasteiger partial charge is 0.314 e. The fourth-order valence-corrected chi connectivity index (χ4v) is 0.452. The lowest BCUT2D eigenvalue weighted by molar-refractivity contribution is -0.828. The highest BCUT2D eigenvalue weighted by atomic mass is 127. The summed E-state index contributed by atoms with van der Waals surface area (Å²) in [5.74, 6) is 0.639. The van der Waals surface area contributed by atoms with Gasteiger partial charge in [-0.2, -0.15) is 10.0 Å². The van der Waals surface area contributed by atoms with Crippen LogP contribution in [0.2, 0.25) is 0 Å². The number of guanidine groups is 1. The molecule has 1 rings (SSSR count). The van der Waals surface area contributed by atoms with Gasteiger partial charge in [-0.3, -0.25) is 0 Å². The molecule has 1 atom stereocenters. The van der Waals surface area contributed by atoms with Gasteiger partial charge in [0.15, 0.2) is 0 Å². The van der Waals surface area contributed by atoms with E-state index in [4.69, 9.17) is 5.73 Å². The largest absolute Gasteiger partial charge is 1.00 e. The van der Waals surface area contributed by atoms with E-state index in [9.17, 15) is 0 Å². The van der Waals surface area contributed by atoms with Crippen molar-refractivity contribution in [2.24, 2.45) is 10.7 Å². The number of halogens is 1. The number of nitrogens with one attached hydrogen (secondary N) is 2. The molecule has 0 spiro atoms. The fraction of sp³-hybridized carbons (Fsp3) is 0.667. The Hall–Kier alpha value is 0.120. The van der Waals surface area contributed by atoms with Crippen molar-refractivity contribution < 1.29 is 29.0 Å². The van der Waals surface area contributed by atoms with Crippen molar-refractivity contribution in [1.29, 1.82) is 0 Å². The molecule has 1 heterocycles. The summed E-state index contributed by atoms with van der Waals surface area (Å²) in [7, 11) is 1.91. The van der Waals surface area contributed by atoms with Gasteiger partial charge in [0.2, 0.25) is 0 Å². The molecule has 0 saturated carbocycles. The van der Waals surface area contributed by atoms with E-state index in [0.717, 1.165) is 5.01 Å². The highest BCUT2D eigenvalue weighted by Crippen LogP contribution is 1.60. The number of aliphatic imine (C=N–C) groups is 1.